The molecular formula is C17H21ClF2N2O. The van der Waals surface area contributed by atoms with E-state index in [1.165, 1.54) is 18.2 Å². The second-order valence-corrected chi connectivity index (χ2v) is 6.96. The number of hydrogen-bond acceptors (Lipinski definition) is 2. The van der Waals surface area contributed by atoms with Crippen LogP contribution in [0.1, 0.15) is 37.2 Å². The first kappa shape index (κ1) is 16.7. The minimum atomic E-state index is -0.511. The Bertz CT molecular complexity index is 598. The minimum absolute atomic E-state index is 0. The molecule has 126 valence electrons. The van der Waals surface area contributed by atoms with Gasteiger partial charge in [0.05, 0.1) is 0 Å². The van der Waals surface area contributed by atoms with E-state index in [1.807, 2.05) is 0 Å². The van der Waals surface area contributed by atoms with Gasteiger partial charge in [-0.1, -0.05) is 6.07 Å². The van der Waals surface area contributed by atoms with Crippen LogP contribution in [-0.4, -0.2) is 25.0 Å². The van der Waals surface area contributed by atoms with Crippen LogP contribution in [0.4, 0.5) is 8.78 Å². The van der Waals surface area contributed by atoms with Crippen LogP contribution < -0.4 is 10.6 Å². The first-order valence-corrected chi connectivity index (χ1v) is 8.06. The van der Waals surface area contributed by atoms with E-state index in [4.69, 9.17) is 0 Å². The highest BCUT2D eigenvalue weighted by atomic mass is 35.5. The summed E-state index contributed by atoms with van der Waals surface area (Å²) in [5.41, 5.74) is 0.323. The van der Waals surface area contributed by atoms with Crippen LogP contribution in [0.5, 0.6) is 0 Å². The van der Waals surface area contributed by atoms with Gasteiger partial charge in [0.1, 0.15) is 11.6 Å². The Morgan fingerprint density at radius 3 is 2.52 bits per heavy atom. The number of hydrogen-bond donors (Lipinski definition) is 2. The normalized spacial score (nSPS) is 30.4. The molecule has 3 nitrogen and oxygen atoms in total. The Kier molecular flexibility index (Phi) is 4.36. The fraction of sp³-hybridized carbons (Fsp3) is 0.588. The predicted molar refractivity (Wildman–Crippen MR) is 85.5 cm³/mol. The van der Waals surface area contributed by atoms with Gasteiger partial charge < -0.3 is 10.6 Å². The van der Waals surface area contributed by atoms with Crippen LogP contribution >= 0.6 is 12.4 Å². The summed E-state index contributed by atoms with van der Waals surface area (Å²) in [7, 11) is 0. The molecule has 3 aliphatic rings. The topological polar surface area (TPSA) is 41.1 Å². The van der Waals surface area contributed by atoms with Gasteiger partial charge in [-0.3, -0.25) is 4.79 Å². The summed E-state index contributed by atoms with van der Waals surface area (Å²) < 4.78 is 27.5. The molecule has 1 spiro atoms. The molecule has 1 saturated heterocycles. The zero-order valence-electron chi connectivity index (χ0n) is 12.8. The van der Waals surface area contributed by atoms with E-state index in [0.717, 1.165) is 32.4 Å². The molecule has 4 rings (SSSR count). The molecule has 2 saturated carbocycles. The van der Waals surface area contributed by atoms with Crippen molar-refractivity contribution in [1.82, 2.24) is 10.6 Å². The fourth-order valence-electron chi connectivity index (χ4n) is 4.02. The van der Waals surface area contributed by atoms with Gasteiger partial charge in [0.2, 0.25) is 5.91 Å². The maximum atomic E-state index is 13.7. The molecular weight excluding hydrogens is 322 g/mol. The zero-order valence-corrected chi connectivity index (χ0v) is 13.6. The summed E-state index contributed by atoms with van der Waals surface area (Å²) in [5, 5.41) is 6.32. The van der Waals surface area contributed by atoms with E-state index in [-0.39, 0.29) is 47.2 Å². The highest BCUT2D eigenvalue weighted by molar-refractivity contribution is 5.85. The number of benzene rings is 1. The van der Waals surface area contributed by atoms with E-state index >= 15 is 0 Å². The van der Waals surface area contributed by atoms with E-state index in [0.29, 0.717) is 6.42 Å². The van der Waals surface area contributed by atoms with Crippen LogP contribution in [0.3, 0.4) is 0 Å². The van der Waals surface area contributed by atoms with Crippen molar-refractivity contribution in [3.8, 4) is 0 Å². The quantitative estimate of drug-likeness (QED) is 0.887. The highest BCUT2D eigenvalue weighted by Gasteiger charge is 2.58. The number of carbonyl (C=O) groups is 1. The fourth-order valence-corrected chi connectivity index (χ4v) is 4.02. The third kappa shape index (κ3) is 2.96. The van der Waals surface area contributed by atoms with Crippen molar-refractivity contribution in [3.05, 3.63) is 35.4 Å². The standard InChI is InChI=1S/C17H20F2N2O.ClH/c18-12-2-1-3-13(19)15(12)10-8-14(10)21-16(22)11-9-17(11)4-6-20-7-5-17;/h1-3,10-11,14,20H,4-9H2,(H,21,22);1H. The monoisotopic (exact) mass is 342 g/mol. The summed E-state index contributed by atoms with van der Waals surface area (Å²) in [6.45, 7) is 1.96. The second-order valence-electron chi connectivity index (χ2n) is 6.96. The van der Waals surface area contributed by atoms with Gasteiger partial charge in [0.25, 0.3) is 0 Å². The zero-order chi connectivity index (χ0) is 15.3. The molecule has 3 fully saturated rings. The number of halogens is 3. The SMILES string of the molecule is Cl.O=C(NC1CC1c1c(F)cccc1F)C1CC12CCNCC2. The first-order chi connectivity index (χ1) is 10.6. The van der Waals surface area contributed by atoms with Gasteiger partial charge in [-0.2, -0.15) is 0 Å². The number of carbonyl (C=O) groups excluding carboxylic acids is 1. The largest absolute Gasteiger partial charge is 0.352 e. The summed E-state index contributed by atoms with van der Waals surface area (Å²) in [6.07, 6.45) is 3.71. The number of nitrogens with one attached hydrogen (secondary N) is 2. The smallest absolute Gasteiger partial charge is 0.223 e. The molecule has 0 radical (unpaired) electrons. The molecule has 2 aliphatic carbocycles. The second kappa shape index (κ2) is 6.02. The number of piperidine rings is 1. The molecule has 1 aromatic rings. The van der Waals surface area contributed by atoms with Crippen molar-refractivity contribution < 1.29 is 13.6 Å². The van der Waals surface area contributed by atoms with Crippen LogP contribution in [0.25, 0.3) is 0 Å². The molecule has 3 atom stereocenters. The van der Waals surface area contributed by atoms with Crippen molar-refractivity contribution in [2.75, 3.05) is 13.1 Å². The van der Waals surface area contributed by atoms with Gasteiger partial charge in [-0.05, 0) is 56.3 Å². The molecule has 2 N–H and O–H groups in total. The average Bonchev–Trinajstić information content (AvgIpc) is 3.38. The van der Waals surface area contributed by atoms with E-state index in [1.54, 1.807) is 0 Å². The van der Waals surface area contributed by atoms with Gasteiger partial charge in [0.15, 0.2) is 0 Å². The summed E-state index contributed by atoms with van der Waals surface area (Å²) in [4.78, 5) is 12.4. The van der Waals surface area contributed by atoms with Gasteiger partial charge in [-0.15, -0.1) is 12.4 Å². The van der Waals surface area contributed by atoms with Crippen molar-refractivity contribution >= 4 is 18.3 Å². The number of rotatable bonds is 3. The lowest BCUT2D eigenvalue weighted by Gasteiger charge is -2.23. The molecule has 1 aromatic carbocycles. The third-order valence-electron chi connectivity index (χ3n) is 5.59. The van der Waals surface area contributed by atoms with Crippen LogP contribution in [0.2, 0.25) is 0 Å². The molecule has 6 heteroatoms. The lowest BCUT2D eigenvalue weighted by molar-refractivity contribution is -0.123. The van der Waals surface area contributed by atoms with E-state index in [2.05, 4.69) is 10.6 Å². The molecule has 3 unspecified atom stereocenters. The molecule has 0 bridgehead atoms. The summed E-state index contributed by atoms with van der Waals surface area (Å²) in [5.74, 6) is -1.06. The van der Waals surface area contributed by atoms with Gasteiger partial charge in [-0.25, -0.2) is 8.78 Å². The predicted octanol–water partition coefficient (Wildman–Crippen LogP) is 2.75. The average molecular weight is 343 g/mol. The Balaban J connectivity index is 0.00000156. The third-order valence-corrected chi connectivity index (χ3v) is 5.59. The van der Waals surface area contributed by atoms with Crippen LogP contribution in [-0.2, 0) is 4.79 Å². The number of amides is 1. The first-order valence-electron chi connectivity index (χ1n) is 8.06. The Morgan fingerprint density at radius 1 is 1.22 bits per heavy atom. The van der Waals surface area contributed by atoms with Crippen molar-refractivity contribution in [3.63, 3.8) is 0 Å². The summed E-state index contributed by atoms with van der Waals surface area (Å²) in [6, 6.07) is 3.81. The van der Waals surface area contributed by atoms with Crippen LogP contribution in [0.15, 0.2) is 18.2 Å². The lowest BCUT2D eigenvalue weighted by atomic mass is 9.92. The maximum Gasteiger partial charge on any atom is 0.223 e. The lowest BCUT2D eigenvalue weighted by Crippen LogP contribution is -2.34. The maximum absolute atomic E-state index is 13.7. The molecule has 1 heterocycles. The van der Waals surface area contributed by atoms with Gasteiger partial charge in [0, 0.05) is 23.4 Å². The van der Waals surface area contributed by atoms with Crippen LogP contribution in [0, 0.1) is 23.0 Å². The minimum Gasteiger partial charge on any atom is -0.352 e. The van der Waals surface area contributed by atoms with Crippen molar-refractivity contribution in [2.45, 2.75) is 37.6 Å². The Morgan fingerprint density at radius 2 is 1.87 bits per heavy atom. The molecule has 1 aliphatic heterocycles. The van der Waals surface area contributed by atoms with E-state index < -0.39 is 11.6 Å². The molecule has 23 heavy (non-hydrogen) atoms. The molecule has 1 amide bonds. The highest BCUT2D eigenvalue weighted by Crippen LogP contribution is 2.59. The molecule has 0 aromatic heterocycles. The van der Waals surface area contributed by atoms with Crippen molar-refractivity contribution in [2.24, 2.45) is 11.3 Å². The van der Waals surface area contributed by atoms with Crippen molar-refractivity contribution in [1.29, 1.82) is 0 Å². The van der Waals surface area contributed by atoms with E-state index in [9.17, 15) is 13.6 Å². The summed E-state index contributed by atoms with van der Waals surface area (Å²) >= 11 is 0. The Labute approximate surface area is 140 Å². The van der Waals surface area contributed by atoms with Gasteiger partial charge >= 0.3 is 0 Å². The Hall–Kier alpha value is -1.20.